The molecule has 2 unspecified atom stereocenters. The van der Waals surface area contributed by atoms with Crippen molar-refractivity contribution in [1.29, 1.82) is 0 Å². The van der Waals surface area contributed by atoms with Crippen LogP contribution in [0, 0.1) is 0 Å². The third-order valence-electron chi connectivity index (χ3n) is 20.8. The number of ether oxygens (including phenoxy) is 1. The summed E-state index contributed by atoms with van der Waals surface area (Å²) in [7, 11) is 0. The first-order valence-electron chi connectivity index (χ1n) is 43.4. The van der Waals surface area contributed by atoms with Crippen LogP contribution in [0.15, 0.2) is 12.2 Å². The van der Waals surface area contributed by atoms with E-state index in [1.54, 1.807) is 0 Å². The number of aliphatic hydroxyl groups is 2. The van der Waals surface area contributed by atoms with E-state index >= 15 is 0 Å². The van der Waals surface area contributed by atoms with Crippen molar-refractivity contribution in [2.24, 2.45) is 0 Å². The molecular weight excluding hydrogens is 1140 g/mol. The van der Waals surface area contributed by atoms with E-state index in [9.17, 15) is 19.8 Å². The summed E-state index contributed by atoms with van der Waals surface area (Å²) in [6.07, 6.45) is 106. The number of allylic oxidation sites excluding steroid dienone is 2. The second kappa shape index (κ2) is 83.0. The van der Waals surface area contributed by atoms with E-state index in [2.05, 4.69) is 31.3 Å². The molecule has 93 heavy (non-hydrogen) atoms. The summed E-state index contributed by atoms with van der Waals surface area (Å²) in [4.78, 5) is 24.7. The molecule has 2 atom stereocenters. The molecule has 0 fully saturated rings. The van der Waals surface area contributed by atoms with Crippen LogP contribution in [0.1, 0.15) is 508 Å². The maximum atomic E-state index is 12.6. The Morgan fingerprint density at radius 3 is 0.763 bits per heavy atom. The van der Waals surface area contributed by atoms with Gasteiger partial charge in [0.25, 0.3) is 0 Å². The monoisotopic (exact) mass is 1310 g/mol. The van der Waals surface area contributed by atoms with Crippen LogP contribution in [0.5, 0.6) is 0 Å². The molecule has 0 rings (SSSR count). The maximum Gasteiger partial charge on any atom is 0.305 e. The number of hydrogen-bond acceptors (Lipinski definition) is 5. The van der Waals surface area contributed by atoms with Crippen molar-refractivity contribution in [2.45, 2.75) is 520 Å². The van der Waals surface area contributed by atoms with Gasteiger partial charge in [0.1, 0.15) is 0 Å². The topological polar surface area (TPSA) is 95.9 Å². The largest absolute Gasteiger partial charge is 0.466 e. The lowest BCUT2D eigenvalue weighted by molar-refractivity contribution is -0.143. The minimum Gasteiger partial charge on any atom is -0.466 e. The molecule has 0 radical (unpaired) electrons. The van der Waals surface area contributed by atoms with E-state index in [-0.39, 0.29) is 18.5 Å². The Balaban J connectivity index is 3.32. The van der Waals surface area contributed by atoms with Crippen molar-refractivity contribution < 1.29 is 24.5 Å². The molecule has 0 aliphatic rings. The fraction of sp³-hybridized carbons (Fsp3) is 0.954. The lowest BCUT2D eigenvalue weighted by atomic mass is 10.0. The summed E-state index contributed by atoms with van der Waals surface area (Å²) >= 11 is 0. The molecule has 1 amide bonds. The van der Waals surface area contributed by atoms with E-state index in [0.29, 0.717) is 25.9 Å². The van der Waals surface area contributed by atoms with Crippen molar-refractivity contribution in [3.8, 4) is 0 Å². The smallest absolute Gasteiger partial charge is 0.305 e. The number of carbonyl (C=O) groups excluding carboxylic acids is 2. The van der Waals surface area contributed by atoms with Gasteiger partial charge in [0, 0.05) is 12.8 Å². The predicted octanol–water partition coefficient (Wildman–Crippen LogP) is 29.0. The Morgan fingerprint density at radius 1 is 0.290 bits per heavy atom. The number of unbranched alkanes of at least 4 members (excludes halogenated alkanes) is 70. The molecule has 0 spiro atoms. The molecule has 0 aromatic heterocycles. The summed E-state index contributed by atoms with van der Waals surface area (Å²) in [5.41, 5.74) is 0. The quantitative estimate of drug-likeness (QED) is 0.0320. The molecular formula is C87H171NO5. The molecule has 0 aliphatic carbocycles. The number of esters is 1. The van der Waals surface area contributed by atoms with Gasteiger partial charge in [0.2, 0.25) is 5.91 Å². The van der Waals surface area contributed by atoms with Crippen molar-refractivity contribution in [2.75, 3.05) is 13.2 Å². The van der Waals surface area contributed by atoms with Gasteiger partial charge in [-0.3, -0.25) is 9.59 Å². The molecule has 0 aromatic rings. The number of aliphatic hydroxyl groups excluding tert-OH is 2. The zero-order valence-corrected chi connectivity index (χ0v) is 63.8. The minimum absolute atomic E-state index is 0.0249. The second-order valence-corrected chi connectivity index (χ2v) is 30.2. The molecule has 3 N–H and O–H groups in total. The van der Waals surface area contributed by atoms with Gasteiger partial charge in [0.15, 0.2) is 0 Å². The van der Waals surface area contributed by atoms with Gasteiger partial charge in [-0.2, -0.15) is 0 Å². The highest BCUT2D eigenvalue weighted by Crippen LogP contribution is 2.21. The number of rotatable bonds is 83. The molecule has 0 aromatic carbocycles. The first-order valence-corrected chi connectivity index (χ1v) is 43.4. The SMILES string of the molecule is CCCCCCCCCCCCCCCCCCCCCCCC(O)C(CO)NC(=O)CCCCCCCCCCCCCCCCCCC/C=C\CCCCCCCCCCCCCCCCCCOC(=O)CCCCCCCCCCCCCCCCCCCC. The molecule has 6 heteroatoms. The van der Waals surface area contributed by atoms with Gasteiger partial charge < -0.3 is 20.3 Å². The van der Waals surface area contributed by atoms with Crippen molar-refractivity contribution in [1.82, 2.24) is 5.32 Å². The average Bonchev–Trinajstić information content (AvgIpc) is 3.78. The summed E-state index contributed by atoms with van der Waals surface area (Å²) in [5.74, 6) is 0.00247. The van der Waals surface area contributed by atoms with E-state index in [1.165, 1.54) is 437 Å². The highest BCUT2D eigenvalue weighted by molar-refractivity contribution is 5.76. The third-order valence-corrected chi connectivity index (χ3v) is 20.8. The Hall–Kier alpha value is -1.40. The van der Waals surface area contributed by atoms with Gasteiger partial charge in [-0.1, -0.05) is 456 Å². The summed E-state index contributed by atoms with van der Waals surface area (Å²) in [5, 5.41) is 23.5. The standard InChI is InChI=1S/C87H171NO5/c1-3-5-7-9-11-13-15-17-19-21-23-41-44-47-51-55-59-63-67-71-75-79-85(90)84(83-89)88-86(91)80-76-72-68-64-60-56-52-48-45-42-39-37-35-33-31-29-27-25-24-26-28-30-32-34-36-38-40-43-46-50-54-58-62-66-70-74-78-82-93-87(92)81-77-73-69-65-61-57-53-49-22-20-18-16-14-12-10-8-6-4-2/h24,26,84-85,89-90H,3-23,25,27-83H2,1-2H3,(H,88,91)/b26-24-. The van der Waals surface area contributed by atoms with Crippen LogP contribution < -0.4 is 5.32 Å². The first-order chi connectivity index (χ1) is 46.0. The summed E-state index contributed by atoms with van der Waals surface area (Å²) < 4.78 is 5.52. The number of hydrogen-bond donors (Lipinski definition) is 3. The number of carbonyl (C=O) groups is 2. The first kappa shape index (κ1) is 91.6. The molecule has 554 valence electrons. The summed E-state index contributed by atoms with van der Waals surface area (Å²) in [6, 6.07) is -0.539. The van der Waals surface area contributed by atoms with Crippen LogP contribution in [0.3, 0.4) is 0 Å². The normalized spacial score (nSPS) is 12.4. The van der Waals surface area contributed by atoms with Gasteiger partial charge in [-0.25, -0.2) is 0 Å². The van der Waals surface area contributed by atoms with Gasteiger partial charge in [-0.05, 0) is 51.4 Å². The zero-order valence-electron chi connectivity index (χ0n) is 63.8. The lowest BCUT2D eigenvalue weighted by Crippen LogP contribution is -2.45. The highest BCUT2D eigenvalue weighted by Gasteiger charge is 2.20. The second-order valence-electron chi connectivity index (χ2n) is 30.2. The Morgan fingerprint density at radius 2 is 0.505 bits per heavy atom. The Labute approximate surface area is 584 Å². The summed E-state index contributed by atoms with van der Waals surface area (Å²) in [6.45, 7) is 5.03. The van der Waals surface area contributed by atoms with Crippen molar-refractivity contribution in [3.05, 3.63) is 12.2 Å². The Bertz CT molecular complexity index is 1420. The van der Waals surface area contributed by atoms with Gasteiger partial charge >= 0.3 is 5.97 Å². The minimum atomic E-state index is -0.662. The van der Waals surface area contributed by atoms with E-state index in [4.69, 9.17) is 4.74 Å². The average molecular weight is 1310 g/mol. The van der Waals surface area contributed by atoms with Crippen LogP contribution >= 0.6 is 0 Å². The zero-order chi connectivity index (χ0) is 67.0. The number of nitrogens with one attached hydrogen (secondary N) is 1. The molecule has 6 nitrogen and oxygen atoms in total. The van der Waals surface area contributed by atoms with Crippen LogP contribution in [0.4, 0.5) is 0 Å². The van der Waals surface area contributed by atoms with Crippen LogP contribution in [-0.4, -0.2) is 47.4 Å². The number of amides is 1. The van der Waals surface area contributed by atoms with E-state index < -0.39 is 12.1 Å². The fourth-order valence-corrected chi connectivity index (χ4v) is 14.2. The van der Waals surface area contributed by atoms with Gasteiger partial charge in [0.05, 0.1) is 25.4 Å². The van der Waals surface area contributed by atoms with E-state index in [0.717, 1.165) is 38.5 Å². The maximum absolute atomic E-state index is 12.6. The van der Waals surface area contributed by atoms with Crippen molar-refractivity contribution in [3.63, 3.8) is 0 Å². The van der Waals surface area contributed by atoms with Crippen LogP contribution in [0.2, 0.25) is 0 Å². The van der Waals surface area contributed by atoms with Gasteiger partial charge in [-0.15, -0.1) is 0 Å². The Kier molecular flexibility index (Phi) is 81.8. The molecule has 0 aliphatic heterocycles. The molecule has 0 heterocycles. The lowest BCUT2D eigenvalue weighted by Gasteiger charge is -2.22. The van der Waals surface area contributed by atoms with Crippen LogP contribution in [0.25, 0.3) is 0 Å². The van der Waals surface area contributed by atoms with Crippen molar-refractivity contribution >= 4 is 11.9 Å². The van der Waals surface area contributed by atoms with E-state index in [1.807, 2.05) is 0 Å². The molecule has 0 bridgehead atoms. The molecule has 0 saturated heterocycles. The third kappa shape index (κ3) is 79.5. The fourth-order valence-electron chi connectivity index (χ4n) is 14.2. The predicted molar refractivity (Wildman–Crippen MR) is 412 cm³/mol. The molecule has 0 saturated carbocycles. The highest BCUT2D eigenvalue weighted by atomic mass is 16.5. The van der Waals surface area contributed by atoms with Crippen LogP contribution in [-0.2, 0) is 14.3 Å².